The van der Waals surface area contributed by atoms with Gasteiger partial charge in [-0.3, -0.25) is 4.79 Å². The van der Waals surface area contributed by atoms with Gasteiger partial charge >= 0.3 is 0 Å². The molecule has 0 spiro atoms. The summed E-state index contributed by atoms with van der Waals surface area (Å²) < 4.78 is 5.64. The third-order valence-corrected chi connectivity index (χ3v) is 4.92. The van der Waals surface area contributed by atoms with Gasteiger partial charge in [-0.2, -0.15) is 0 Å². The van der Waals surface area contributed by atoms with Crippen molar-refractivity contribution in [3.05, 3.63) is 72.1 Å². The summed E-state index contributed by atoms with van der Waals surface area (Å²) in [5.41, 5.74) is 2.32. The van der Waals surface area contributed by atoms with Crippen LogP contribution in [0.15, 0.2) is 65.1 Å². The lowest BCUT2D eigenvalue weighted by atomic mass is 9.96. The minimum absolute atomic E-state index is 0.0201. The largest absolute Gasteiger partial charge is 0.421 e. The van der Waals surface area contributed by atoms with Gasteiger partial charge in [0.2, 0.25) is 17.7 Å². The van der Waals surface area contributed by atoms with Crippen molar-refractivity contribution in [3.8, 4) is 11.5 Å². The molecule has 0 bridgehead atoms. The van der Waals surface area contributed by atoms with Gasteiger partial charge in [0.05, 0.1) is 0 Å². The van der Waals surface area contributed by atoms with E-state index in [0.717, 1.165) is 18.4 Å². The number of benzene rings is 2. The molecule has 2 aromatic carbocycles. The molecule has 0 saturated heterocycles. The average molecular weight is 347 g/mol. The number of carbonyl (C=O) groups excluding carboxylic acids is 1. The van der Waals surface area contributed by atoms with Gasteiger partial charge in [-0.25, -0.2) is 0 Å². The fourth-order valence-corrected chi connectivity index (χ4v) is 3.14. The zero-order valence-corrected chi connectivity index (χ0v) is 14.5. The van der Waals surface area contributed by atoms with E-state index in [2.05, 4.69) is 39.8 Å². The predicted molar refractivity (Wildman–Crippen MR) is 98.4 cm³/mol. The van der Waals surface area contributed by atoms with Crippen LogP contribution in [-0.2, 0) is 16.6 Å². The number of nitrogens with zero attached hydrogens (tertiary/aromatic N) is 2. The van der Waals surface area contributed by atoms with Crippen molar-refractivity contribution in [2.45, 2.75) is 31.1 Å². The molecule has 0 aliphatic heterocycles. The van der Waals surface area contributed by atoms with Crippen molar-refractivity contribution in [1.82, 2.24) is 15.5 Å². The third kappa shape index (κ3) is 3.67. The van der Waals surface area contributed by atoms with Crippen LogP contribution in [0.2, 0.25) is 0 Å². The normalized spacial score (nSPS) is 14.8. The number of amides is 1. The molecule has 0 unspecified atom stereocenters. The summed E-state index contributed by atoms with van der Waals surface area (Å²) in [6.45, 7) is 0.689. The van der Waals surface area contributed by atoms with Crippen LogP contribution in [0.3, 0.4) is 0 Å². The maximum atomic E-state index is 12.2. The summed E-state index contributed by atoms with van der Waals surface area (Å²) >= 11 is 0. The number of hydrogen-bond donors (Lipinski definition) is 1. The van der Waals surface area contributed by atoms with E-state index in [0.29, 0.717) is 31.2 Å². The van der Waals surface area contributed by atoms with E-state index in [9.17, 15) is 4.79 Å². The average Bonchev–Trinajstić information content (AvgIpc) is 3.35. The Balaban J connectivity index is 1.28. The number of aryl methyl sites for hydroxylation is 1. The lowest BCUT2D eigenvalue weighted by Crippen LogP contribution is -2.32. The highest BCUT2D eigenvalue weighted by molar-refractivity contribution is 5.76. The van der Waals surface area contributed by atoms with Gasteiger partial charge in [-0.1, -0.05) is 48.5 Å². The van der Waals surface area contributed by atoms with Gasteiger partial charge < -0.3 is 9.73 Å². The van der Waals surface area contributed by atoms with Crippen LogP contribution in [0.4, 0.5) is 0 Å². The molecular weight excluding hydrogens is 326 g/mol. The first-order chi connectivity index (χ1) is 12.8. The first kappa shape index (κ1) is 16.5. The van der Waals surface area contributed by atoms with Crippen molar-refractivity contribution in [3.63, 3.8) is 0 Å². The number of nitrogens with one attached hydrogen (secondary N) is 1. The molecule has 132 valence electrons. The Morgan fingerprint density at radius 1 is 1.00 bits per heavy atom. The highest BCUT2D eigenvalue weighted by Gasteiger charge is 2.44. The Morgan fingerprint density at radius 3 is 2.38 bits per heavy atom. The van der Waals surface area contributed by atoms with Crippen molar-refractivity contribution in [1.29, 1.82) is 0 Å². The maximum absolute atomic E-state index is 12.2. The van der Waals surface area contributed by atoms with E-state index in [1.807, 2.05) is 36.4 Å². The summed E-state index contributed by atoms with van der Waals surface area (Å²) in [5, 5.41) is 11.2. The molecule has 1 N–H and O–H groups in total. The second kappa shape index (κ2) is 7.12. The van der Waals surface area contributed by atoms with Crippen molar-refractivity contribution in [2.24, 2.45) is 0 Å². The van der Waals surface area contributed by atoms with E-state index in [4.69, 9.17) is 4.42 Å². The van der Waals surface area contributed by atoms with E-state index < -0.39 is 0 Å². The van der Waals surface area contributed by atoms with Crippen LogP contribution in [-0.4, -0.2) is 22.6 Å². The van der Waals surface area contributed by atoms with Crippen LogP contribution < -0.4 is 5.32 Å². The maximum Gasteiger partial charge on any atom is 0.247 e. The molecule has 1 fully saturated rings. The number of rotatable bonds is 7. The Bertz CT molecular complexity index is 871. The van der Waals surface area contributed by atoms with Crippen LogP contribution in [0.5, 0.6) is 0 Å². The standard InChI is InChI=1S/C21H21N3O2/c25-18(22-15-21(13-14-21)17-9-5-2-6-10-17)11-12-19-23-24-20(26-19)16-7-3-1-4-8-16/h1-10H,11-15H2,(H,22,25). The summed E-state index contributed by atoms with van der Waals surface area (Å²) in [7, 11) is 0. The molecule has 1 saturated carbocycles. The Kier molecular flexibility index (Phi) is 4.52. The monoisotopic (exact) mass is 347 g/mol. The molecule has 1 aromatic heterocycles. The van der Waals surface area contributed by atoms with Gasteiger partial charge in [0.25, 0.3) is 0 Å². The lowest BCUT2D eigenvalue weighted by molar-refractivity contribution is -0.121. The number of carbonyl (C=O) groups is 1. The molecule has 0 atom stereocenters. The van der Waals surface area contributed by atoms with Crippen molar-refractivity contribution in [2.75, 3.05) is 6.54 Å². The molecule has 1 amide bonds. The Labute approximate surface area is 152 Å². The molecule has 3 aromatic rings. The fourth-order valence-electron chi connectivity index (χ4n) is 3.14. The van der Waals surface area contributed by atoms with E-state index in [1.165, 1.54) is 5.56 Å². The lowest BCUT2D eigenvalue weighted by Gasteiger charge is -2.16. The SMILES string of the molecule is O=C(CCc1nnc(-c2ccccc2)o1)NCC1(c2ccccc2)CC1. The first-order valence-corrected chi connectivity index (χ1v) is 8.95. The zero-order chi connectivity index (χ0) is 17.8. The zero-order valence-electron chi connectivity index (χ0n) is 14.5. The van der Waals surface area contributed by atoms with Gasteiger partial charge in [0.15, 0.2) is 0 Å². The van der Waals surface area contributed by atoms with Gasteiger partial charge in [0, 0.05) is 30.4 Å². The minimum Gasteiger partial charge on any atom is -0.421 e. The highest BCUT2D eigenvalue weighted by atomic mass is 16.4. The van der Waals surface area contributed by atoms with Crippen LogP contribution >= 0.6 is 0 Å². The molecule has 1 aliphatic carbocycles. The molecule has 4 rings (SSSR count). The van der Waals surface area contributed by atoms with Crippen LogP contribution in [0.1, 0.15) is 30.7 Å². The third-order valence-electron chi connectivity index (χ3n) is 4.92. The molecule has 1 heterocycles. The molecule has 26 heavy (non-hydrogen) atoms. The van der Waals surface area contributed by atoms with Gasteiger partial charge in [-0.15, -0.1) is 10.2 Å². The fraction of sp³-hybridized carbons (Fsp3) is 0.286. The summed E-state index contributed by atoms with van der Waals surface area (Å²) in [6, 6.07) is 20.0. The summed E-state index contributed by atoms with van der Waals surface area (Å²) in [6.07, 6.45) is 3.05. The van der Waals surface area contributed by atoms with Crippen LogP contribution in [0.25, 0.3) is 11.5 Å². The number of hydrogen-bond acceptors (Lipinski definition) is 4. The molecule has 0 radical (unpaired) electrons. The Morgan fingerprint density at radius 2 is 1.69 bits per heavy atom. The second-order valence-corrected chi connectivity index (χ2v) is 6.79. The minimum atomic E-state index is 0.0201. The molecule has 5 heteroatoms. The molecular formula is C21H21N3O2. The van der Waals surface area contributed by atoms with Crippen LogP contribution in [0, 0.1) is 0 Å². The quantitative estimate of drug-likeness (QED) is 0.710. The highest BCUT2D eigenvalue weighted by Crippen LogP contribution is 2.47. The van der Waals surface area contributed by atoms with Crippen molar-refractivity contribution < 1.29 is 9.21 Å². The summed E-state index contributed by atoms with van der Waals surface area (Å²) in [5.74, 6) is 0.997. The second-order valence-electron chi connectivity index (χ2n) is 6.79. The Hall–Kier alpha value is -2.95. The molecule has 5 nitrogen and oxygen atoms in total. The van der Waals surface area contributed by atoms with E-state index >= 15 is 0 Å². The topological polar surface area (TPSA) is 68.0 Å². The van der Waals surface area contributed by atoms with E-state index in [1.54, 1.807) is 0 Å². The van der Waals surface area contributed by atoms with Gasteiger partial charge in [-0.05, 0) is 30.5 Å². The summed E-state index contributed by atoms with van der Waals surface area (Å²) in [4.78, 5) is 12.2. The predicted octanol–water partition coefficient (Wildman–Crippen LogP) is 3.52. The number of aromatic nitrogens is 2. The van der Waals surface area contributed by atoms with Crippen molar-refractivity contribution >= 4 is 5.91 Å². The smallest absolute Gasteiger partial charge is 0.247 e. The van der Waals surface area contributed by atoms with E-state index in [-0.39, 0.29) is 11.3 Å². The van der Waals surface area contributed by atoms with Gasteiger partial charge in [0.1, 0.15) is 0 Å². The molecule has 1 aliphatic rings. The first-order valence-electron chi connectivity index (χ1n) is 8.95.